The van der Waals surface area contributed by atoms with Crippen molar-refractivity contribution in [1.29, 1.82) is 0 Å². The molecule has 0 aliphatic heterocycles. The molecule has 0 radical (unpaired) electrons. The first-order valence-electron chi connectivity index (χ1n) is 6.84. The first-order chi connectivity index (χ1) is 9.29. The highest BCUT2D eigenvalue weighted by Crippen LogP contribution is 2.33. The van der Waals surface area contributed by atoms with E-state index in [2.05, 4.69) is 16.5 Å². The van der Waals surface area contributed by atoms with E-state index in [1.165, 1.54) is 42.5 Å². The Morgan fingerprint density at radius 3 is 2.95 bits per heavy atom. The van der Waals surface area contributed by atoms with Crippen LogP contribution >= 0.6 is 11.3 Å². The molecule has 5 heteroatoms. The molecule has 0 spiro atoms. The number of thiophene rings is 1. The second kappa shape index (κ2) is 5.45. The lowest BCUT2D eigenvalue weighted by Gasteiger charge is -2.13. The molecule has 3 rings (SSSR count). The van der Waals surface area contributed by atoms with Gasteiger partial charge in [-0.25, -0.2) is 10.4 Å². The van der Waals surface area contributed by atoms with E-state index in [0.29, 0.717) is 0 Å². The second-order valence-corrected chi connectivity index (χ2v) is 6.32. The average molecular weight is 276 g/mol. The van der Waals surface area contributed by atoms with Gasteiger partial charge in [0.2, 0.25) is 0 Å². The number of fused-ring (bicyclic) bond motifs is 1. The third kappa shape index (κ3) is 2.45. The first kappa shape index (κ1) is 12.8. The fourth-order valence-corrected chi connectivity index (χ4v) is 4.09. The van der Waals surface area contributed by atoms with Crippen molar-refractivity contribution in [2.45, 2.75) is 38.1 Å². The van der Waals surface area contributed by atoms with Gasteiger partial charge >= 0.3 is 0 Å². The van der Waals surface area contributed by atoms with Crippen molar-refractivity contribution in [3.8, 4) is 0 Å². The SMILES string of the molecule is Cn1ccnc1C(NN)c1cc2c(s1)CCCCC2. The van der Waals surface area contributed by atoms with Gasteiger partial charge in [0.15, 0.2) is 0 Å². The highest BCUT2D eigenvalue weighted by Gasteiger charge is 2.21. The van der Waals surface area contributed by atoms with E-state index in [1.807, 2.05) is 35.3 Å². The first-order valence-corrected chi connectivity index (χ1v) is 7.66. The van der Waals surface area contributed by atoms with Crippen LogP contribution in [0.15, 0.2) is 18.5 Å². The lowest BCUT2D eigenvalue weighted by Crippen LogP contribution is -2.30. The number of aromatic nitrogens is 2. The van der Waals surface area contributed by atoms with Gasteiger partial charge in [-0.15, -0.1) is 11.3 Å². The maximum atomic E-state index is 5.76. The summed E-state index contributed by atoms with van der Waals surface area (Å²) in [6.07, 6.45) is 10.2. The highest BCUT2D eigenvalue weighted by atomic mass is 32.1. The Labute approximate surface area is 117 Å². The Morgan fingerprint density at radius 2 is 2.21 bits per heavy atom. The predicted molar refractivity (Wildman–Crippen MR) is 78.0 cm³/mol. The predicted octanol–water partition coefficient (Wildman–Crippen LogP) is 2.30. The normalized spacial score (nSPS) is 16.9. The molecule has 1 aliphatic rings. The number of hydrazine groups is 1. The minimum Gasteiger partial charge on any atom is -0.336 e. The molecule has 2 aromatic rings. The van der Waals surface area contributed by atoms with Crippen LogP contribution < -0.4 is 11.3 Å². The number of rotatable bonds is 3. The van der Waals surface area contributed by atoms with Crippen LogP contribution in [-0.4, -0.2) is 9.55 Å². The summed E-state index contributed by atoms with van der Waals surface area (Å²) in [5, 5.41) is 0. The average Bonchev–Trinajstić information content (AvgIpc) is 2.93. The minimum absolute atomic E-state index is 0.00285. The summed E-state index contributed by atoms with van der Waals surface area (Å²) in [5.41, 5.74) is 4.43. The molecular weight excluding hydrogens is 256 g/mol. The summed E-state index contributed by atoms with van der Waals surface area (Å²) in [5.74, 6) is 6.73. The summed E-state index contributed by atoms with van der Waals surface area (Å²) < 4.78 is 2.02. The molecule has 4 nitrogen and oxygen atoms in total. The molecule has 1 aliphatic carbocycles. The van der Waals surface area contributed by atoms with Gasteiger partial charge in [-0.2, -0.15) is 0 Å². The molecule has 0 saturated heterocycles. The summed E-state index contributed by atoms with van der Waals surface area (Å²) in [4.78, 5) is 7.24. The summed E-state index contributed by atoms with van der Waals surface area (Å²) in [6, 6.07) is 2.32. The quantitative estimate of drug-likeness (QED) is 0.514. The van der Waals surface area contributed by atoms with E-state index in [9.17, 15) is 0 Å². The molecule has 0 amide bonds. The second-order valence-electron chi connectivity index (χ2n) is 5.15. The van der Waals surface area contributed by atoms with Crippen molar-refractivity contribution in [1.82, 2.24) is 15.0 Å². The lowest BCUT2D eigenvalue weighted by molar-refractivity contribution is 0.587. The largest absolute Gasteiger partial charge is 0.336 e. The van der Waals surface area contributed by atoms with Crippen molar-refractivity contribution in [3.63, 3.8) is 0 Å². The lowest BCUT2D eigenvalue weighted by atomic mass is 10.1. The Bertz CT molecular complexity index is 534. The number of nitrogens with zero attached hydrogens (tertiary/aromatic N) is 2. The Morgan fingerprint density at radius 1 is 1.37 bits per heavy atom. The van der Waals surface area contributed by atoms with Gasteiger partial charge in [-0.1, -0.05) is 6.42 Å². The van der Waals surface area contributed by atoms with Gasteiger partial charge < -0.3 is 4.57 Å². The molecule has 1 atom stereocenters. The van der Waals surface area contributed by atoms with Crippen LogP contribution in [0.2, 0.25) is 0 Å². The third-order valence-electron chi connectivity index (χ3n) is 3.83. The van der Waals surface area contributed by atoms with Crippen LogP contribution in [0.25, 0.3) is 0 Å². The van der Waals surface area contributed by atoms with Crippen LogP contribution in [0, 0.1) is 0 Å². The van der Waals surface area contributed by atoms with Crippen molar-refractivity contribution in [3.05, 3.63) is 39.6 Å². The van der Waals surface area contributed by atoms with Gasteiger partial charge in [-0.3, -0.25) is 5.84 Å². The van der Waals surface area contributed by atoms with E-state index >= 15 is 0 Å². The van der Waals surface area contributed by atoms with E-state index in [1.54, 1.807) is 4.88 Å². The van der Waals surface area contributed by atoms with Gasteiger partial charge in [0, 0.05) is 29.2 Å². The van der Waals surface area contributed by atoms with E-state index in [0.717, 1.165) is 5.82 Å². The zero-order chi connectivity index (χ0) is 13.2. The molecule has 1 unspecified atom stereocenters. The van der Waals surface area contributed by atoms with Gasteiger partial charge in [0.05, 0.1) is 0 Å². The number of hydrogen-bond donors (Lipinski definition) is 2. The van der Waals surface area contributed by atoms with Crippen LogP contribution in [0.5, 0.6) is 0 Å². The number of nitrogens with two attached hydrogens (primary N) is 1. The zero-order valence-electron chi connectivity index (χ0n) is 11.2. The molecule has 3 N–H and O–H groups in total. The van der Waals surface area contributed by atoms with Gasteiger partial charge in [0.25, 0.3) is 0 Å². The number of aryl methyl sites for hydroxylation is 3. The molecular formula is C14H20N4S. The minimum atomic E-state index is -0.00285. The monoisotopic (exact) mass is 276 g/mol. The van der Waals surface area contributed by atoms with Crippen LogP contribution in [0.3, 0.4) is 0 Å². The number of nitrogens with one attached hydrogen (secondary N) is 1. The maximum Gasteiger partial charge on any atom is 0.132 e. The standard InChI is InChI=1S/C14H20N4S/c1-18-8-7-16-14(18)13(17-15)12-9-10-5-3-2-4-6-11(10)19-12/h7-9,13,17H,2-6,15H2,1H3. The zero-order valence-corrected chi connectivity index (χ0v) is 12.0. The maximum absolute atomic E-state index is 5.76. The van der Waals surface area contributed by atoms with Gasteiger partial charge in [-0.05, 0) is 37.3 Å². The molecule has 0 saturated carbocycles. The van der Waals surface area contributed by atoms with Crippen molar-refractivity contribution < 1.29 is 0 Å². The fraction of sp³-hybridized carbons (Fsp3) is 0.500. The molecule has 2 heterocycles. The Kier molecular flexibility index (Phi) is 3.68. The molecule has 102 valence electrons. The number of imidazole rings is 1. The summed E-state index contributed by atoms with van der Waals surface area (Å²) in [7, 11) is 2.01. The van der Waals surface area contributed by atoms with Crippen molar-refractivity contribution in [2.75, 3.05) is 0 Å². The summed E-state index contributed by atoms with van der Waals surface area (Å²) in [6.45, 7) is 0. The highest BCUT2D eigenvalue weighted by molar-refractivity contribution is 7.12. The topological polar surface area (TPSA) is 55.9 Å². The molecule has 0 fully saturated rings. The third-order valence-corrected chi connectivity index (χ3v) is 5.14. The van der Waals surface area contributed by atoms with Gasteiger partial charge in [0.1, 0.15) is 11.9 Å². The van der Waals surface area contributed by atoms with E-state index in [-0.39, 0.29) is 6.04 Å². The summed E-state index contributed by atoms with van der Waals surface area (Å²) >= 11 is 1.89. The van der Waals surface area contributed by atoms with Crippen LogP contribution in [0.4, 0.5) is 0 Å². The molecule has 2 aromatic heterocycles. The molecule has 0 bridgehead atoms. The Balaban J connectivity index is 1.94. The number of hydrogen-bond acceptors (Lipinski definition) is 4. The Hall–Kier alpha value is -1.17. The van der Waals surface area contributed by atoms with Crippen LogP contribution in [-0.2, 0) is 19.9 Å². The fourth-order valence-electron chi connectivity index (χ4n) is 2.77. The van der Waals surface area contributed by atoms with Crippen molar-refractivity contribution in [2.24, 2.45) is 12.9 Å². The molecule has 0 aromatic carbocycles. The molecule has 19 heavy (non-hydrogen) atoms. The van der Waals surface area contributed by atoms with E-state index in [4.69, 9.17) is 5.84 Å². The van der Waals surface area contributed by atoms with E-state index < -0.39 is 0 Å². The van der Waals surface area contributed by atoms with Crippen molar-refractivity contribution >= 4 is 11.3 Å². The smallest absolute Gasteiger partial charge is 0.132 e. The van der Waals surface area contributed by atoms with Crippen LogP contribution in [0.1, 0.15) is 46.4 Å².